The molecule has 0 atom stereocenters. The van der Waals surface area contributed by atoms with Crippen LogP contribution in [0.2, 0.25) is 0 Å². The smallest absolute Gasteiger partial charge is 0.151 e. The number of nitrogen functional groups attached to an aromatic ring is 1. The van der Waals surface area contributed by atoms with Gasteiger partial charge in [-0.2, -0.15) is 5.26 Å². The molecule has 1 aliphatic heterocycles. The summed E-state index contributed by atoms with van der Waals surface area (Å²) in [5.74, 6) is 1.58. The molecular weight excluding hydrogens is 236 g/mol. The third-order valence-corrected chi connectivity index (χ3v) is 4.04. The molecule has 102 valence electrons. The number of aromatic nitrogens is 1. The maximum absolute atomic E-state index is 8.83. The minimum atomic E-state index is 0.371. The van der Waals surface area contributed by atoms with Crippen LogP contribution in [-0.2, 0) is 0 Å². The summed E-state index contributed by atoms with van der Waals surface area (Å²) in [5, 5.41) is 8.83. The van der Waals surface area contributed by atoms with Gasteiger partial charge in [-0.25, -0.2) is 4.98 Å². The highest BCUT2D eigenvalue weighted by molar-refractivity contribution is 5.64. The topological polar surface area (TPSA) is 65.9 Å². The zero-order chi connectivity index (χ0) is 14.0. The van der Waals surface area contributed by atoms with Gasteiger partial charge in [0.15, 0.2) is 5.82 Å². The second kappa shape index (κ2) is 5.08. The van der Waals surface area contributed by atoms with Gasteiger partial charge in [-0.1, -0.05) is 20.8 Å². The predicted molar refractivity (Wildman–Crippen MR) is 77.8 cm³/mol. The molecule has 1 aromatic heterocycles. The number of rotatable bonds is 1. The fourth-order valence-corrected chi connectivity index (χ4v) is 2.76. The maximum atomic E-state index is 8.83. The second-order valence-electron chi connectivity index (χ2n) is 6.38. The minimum absolute atomic E-state index is 0.371. The molecular formula is C15H22N4. The molecule has 1 aliphatic rings. The zero-order valence-electron chi connectivity index (χ0n) is 12.0. The third-order valence-electron chi connectivity index (χ3n) is 4.04. The maximum Gasteiger partial charge on any atom is 0.151 e. The van der Waals surface area contributed by atoms with E-state index >= 15 is 0 Å². The molecule has 0 spiro atoms. The summed E-state index contributed by atoms with van der Waals surface area (Å²) in [4.78, 5) is 6.57. The molecule has 4 heteroatoms. The first-order valence-corrected chi connectivity index (χ1v) is 6.82. The molecule has 1 aromatic rings. The number of hydrogen-bond acceptors (Lipinski definition) is 4. The highest BCUT2D eigenvalue weighted by atomic mass is 15.2. The van der Waals surface area contributed by atoms with Crippen molar-refractivity contribution >= 4 is 11.5 Å². The van der Waals surface area contributed by atoms with E-state index in [1.807, 2.05) is 0 Å². The molecule has 0 saturated carbocycles. The van der Waals surface area contributed by atoms with Crippen LogP contribution in [0, 0.1) is 22.7 Å². The zero-order valence-corrected chi connectivity index (χ0v) is 12.0. The SMILES string of the molecule is CC(C)(C)C1CCN(c2ncc(C#N)cc2N)CC1. The molecule has 0 unspecified atom stereocenters. The van der Waals surface area contributed by atoms with Crippen molar-refractivity contribution in [2.24, 2.45) is 11.3 Å². The summed E-state index contributed by atoms with van der Waals surface area (Å²) in [6.07, 6.45) is 3.94. The van der Waals surface area contributed by atoms with E-state index in [-0.39, 0.29) is 0 Å². The highest BCUT2D eigenvalue weighted by Crippen LogP contribution is 2.36. The third kappa shape index (κ3) is 2.98. The lowest BCUT2D eigenvalue weighted by Gasteiger charge is -2.39. The van der Waals surface area contributed by atoms with Gasteiger partial charge in [0.1, 0.15) is 6.07 Å². The normalized spacial score (nSPS) is 17.3. The summed E-state index contributed by atoms with van der Waals surface area (Å²) >= 11 is 0. The van der Waals surface area contributed by atoms with E-state index in [1.165, 1.54) is 12.8 Å². The van der Waals surface area contributed by atoms with Crippen LogP contribution in [0.4, 0.5) is 11.5 Å². The van der Waals surface area contributed by atoms with E-state index in [4.69, 9.17) is 11.0 Å². The first-order chi connectivity index (χ1) is 8.91. The monoisotopic (exact) mass is 258 g/mol. The second-order valence-corrected chi connectivity index (χ2v) is 6.38. The van der Waals surface area contributed by atoms with Gasteiger partial charge in [-0.3, -0.25) is 0 Å². The average Bonchev–Trinajstić information content (AvgIpc) is 2.37. The Balaban J connectivity index is 2.08. The van der Waals surface area contributed by atoms with Gasteiger partial charge >= 0.3 is 0 Å². The van der Waals surface area contributed by atoms with Crippen molar-refractivity contribution < 1.29 is 0 Å². The standard InChI is InChI=1S/C15H22N4/c1-15(2,3)12-4-6-19(7-5-12)14-13(17)8-11(9-16)10-18-14/h8,10,12H,4-7,17H2,1-3H3. The Labute approximate surface area is 115 Å². The van der Waals surface area contributed by atoms with E-state index in [1.54, 1.807) is 12.3 Å². The minimum Gasteiger partial charge on any atom is -0.396 e. The van der Waals surface area contributed by atoms with Crippen molar-refractivity contribution in [1.82, 2.24) is 4.98 Å². The first kappa shape index (κ1) is 13.7. The Hall–Kier alpha value is -1.76. The number of pyridine rings is 1. The Kier molecular flexibility index (Phi) is 3.66. The van der Waals surface area contributed by atoms with Crippen LogP contribution in [0.15, 0.2) is 12.3 Å². The number of nitrogens with two attached hydrogens (primary N) is 1. The molecule has 19 heavy (non-hydrogen) atoms. The van der Waals surface area contributed by atoms with E-state index in [9.17, 15) is 0 Å². The number of piperidine rings is 1. The van der Waals surface area contributed by atoms with Crippen LogP contribution < -0.4 is 10.6 Å². The van der Waals surface area contributed by atoms with Gasteiger partial charge in [0.25, 0.3) is 0 Å². The molecule has 0 aliphatic carbocycles. The number of nitriles is 1. The lowest BCUT2D eigenvalue weighted by Crippen LogP contribution is -2.38. The fraction of sp³-hybridized carbons (Fsp3) is 0.600. The first-order valence-electron chi connectivity index (χ1n) is 6.82. The molecule has 2 rings (SSSR count). The van der Waals surface area contributed by atoms with Crippen molar-refractivity contribution in [2.75, 3.05) is 23.7 Å². The van der Waals surface area contributed by atoms with Crippen LogP contribution >= 0.6 is 0 Å². The summed E-state index contributed by atoms with van der Waals surface area (Å²) in [6, 6.07) is 3.77. The fourth-order valence-electron chi connectivity index (χ4n) is 2.76. The molecule has 0 radical (unpaired) electrons. The summed E-state index contributed by atoms with van der Waals surface area (Å²) in [7, 11) is 0. The van der Waals surface area contributed by atoms with Crippen molar-refractivity contribution in [2.45, 2.75) is 33.6 Å². The summed E-state index contributed by atoms with van der Waals surface area (Å²) in [6.45, 7) is 8.90. The van der Waals surface area contributed by atoms with Gasteiger partial charge in [0.2, 0.25) is 0 Å². The molecule has 1 fully saturated rings. The molecule has 0 aromatic carbocycles. The van der Waals surface area contributed by atoms with Crippen molar-refractivity contribution in [3.05, 3.63) is 17.8 Å². The lowest BCUT2D eigenvalue weighted by atomic mass is 9.75. The number of anilines is 2. The predicted octanol–water partition coefficient (Wildman–Crippen LogP) is 2.80. The number of nitrogens with zero attached hydrogens (tertiary/aromatic N) is 3. The van der Waals surface area contributed by atoms with Crippen LogP contribution in [0.1, 0.15) is 39.2 Å². The Bertz CT molecular complexity index is 488. The van der Waals surface area contributed by atoms with Crippen LogP contribution in [-0.4, -0.2) is 18.1 Å². The Morgan fingerprint density at radius 3 is 2.47 bits per heavy atom. The van der Waals surface area contributed by atoms with E-state index < -0.39 is 0 Å². The average molecular weight is 258 g/mol. The van der Waals surface area contributed by atoms with Crippen molar-refractivity contribution in [3.63, 3.8) is 0 Å². The van der Waals surface area contributed by atoms with Gasteiger partial charge in [0.05, 0.1) is 11.3 Å². The molecule has 2 N–H and O–H groups in total. The molecule has 0 amide bonds. The molecule has 4 nitrogen and oxygen atoms in total. The van der Waals surface area contributed by atoms with Crippen molar-refractivity contribution in [1.29, 1.82) is 5.26 Å². The molecule has 0 bridgehead atoms. The quantitative estimate of drug-likeness (QED) is 0.841. The van der Waals surface area contributed by atoms with Gasteiger partial charge in [-0.05, 0) is 30.2 Å². The Morgan fingerprint density at radius 2 is 2.00 bits per heavy atom. The van der Waals surface area contributed by atoms with E-state index in [0.29, 0.717) is 16.7 Å². The molecule has 1 saturated heterocycles. The highest BCUT2D eigenvalue weighted by Gasteiger charge is 2.29. The summed E-state index contributed by atoms with van der Waals surface area (Å²) < 4.78 is 0. The van der Waals surface area contributed by atoms with Crippen LogP contribution in [0.3, 0.4) is 0 Å². The Morgan fingerprint density at radius 1 is 1.37 bits per heavy atom. The van der Waals surface area contributed by atoms with Crippen LogP contribution in [0.5, 0.6) is 0 Å². The largest absolute Gasteiger partial charge is 0.396 e. The van der Waals surface area contributed by atoms with E-state index in [2.05, 4.69) is 36.7 Å². The van der Waals surface area contributed by atoms with Gasteiger partial charge in [-0.15, -0.1) is 0 Å². The van der Waals surface area contributed by atoms with Gasteiger partial charge in [0, 0.05) is 19.3 Å². The number of hydrogen-bond donors (Lipinski definition) is 1. The van der Waals surface area contributed by atoms with Crippen molar-refractivity contribution in [3.8, 4) is 6.07 Å². The van der Waals surface area contributed by atoms with Gasteiger partial charge < -0.3 is 10.6 Å². The summed E-state index contributed by atoms with van der Waals surface area (Å²) in [5.41, 5.74) is 7.49. The molecule has 2 heterocycles. The van der Waals surface area contributed by atoms with Crippen LogP contribution in [0.25, 0.3) is 0 Å². The lowest BCUT2D eigenvalue weighted by molar-refractivity contribution is 0.199. The van der Waals surface area contributed by atoms with E-state index in [0.717, 1.165) is 24.8 Å².